The number of hydrogen-bond donors (Lipinski definition) is 2. The van der Waals surface area contributed by atoms with Crippen LogP contribution in [0.25, 0.3) is 0 Å². The van der Waals surface area contributed by atoms with E-state index in [-0.39, 0.29) is 13.2 Å². The smallest absolute Gasteiger partial charge is 0.175 e. The zero-order valence-corrected chi connectivity index (χ0v) is 18.1. The van der Waals surface area contributed by atoms with Crippen molar-refractivity contribution in [1.29, 1.82) is 0 Å². The number of aromatic hydroxyl groups is 1. The Labute approximate surface area is 167 Å². The van der Waals surface area contributed by atoms with Crippen molar-refractivity contribution in [3.63, 3.8) is 0 Å². The Balaban J connectivity index is 0.00000170. The summed E-state index contributed by atoms with van der Waals surface area (Å²) in [6, 6.07) is 0. The third-order valence-corrected chi connectivity index (χ3v) is 3.93. The quantitative estimate of drug-likeness (QED) is 0.328. The first-order valence-electron chi connectivity index (χ1n) is 6.96. The molecule has 1 aromatic carbocycles. The lowest BCUT2D eigenvalue weighted by molar-refractivity contribution is 0.0836. The van der Waals surface area contributed by atoms with Crippen molar-refractivity contribution >= 4 is 48.8 Å². The van der Waals surface area contributed by atoms with E-state index in [0.29, 0.717) is 30.3 Å². The maximum Gasteiger partial charge on any atom is 0.175 e. The van der Waals surface area contributed by atoms with Gasteiger partial charge in [-0.25, -0.2) is 5.48 Å². The van der Waals surface area contributed by atoms with Crippen LogP contribution < -0.4 is 5.48 Å². The lowest BCUT2D eigenvalue weighted by atomic mass is 9.90. The van der Waals surface area contributed by atoms with Crippen molar-refractivity contribution in [2.75, 3.05) is 20.3 Å². The van der Waals surface area contributed by atoms with Gasteiger partial charge in [0.25, 0.3) is 0 Å². The lowest BCUT2D eigenvalue weighted by Gasteiger charge is -2.21. The Hall–Kier alpha value is -0.620. The van der Waals surface area contributed by atoms with Crippen LogP contribution in [-0.4, -0.2) is 36.9 Å². The molecule has 0 aromatic heterocycles. The first-order chi connectivity index (χ1) is 11.0. The number of hydrogen-bond acceptors (Lipinski definition) is 6. The Morgan fingerprint density at radius 2 is 1.75 bits per heavy atom. The Morgan fingerprint density at radius 1 is 1.17 bits per heavy atom. The molecule has 136 valence electrons. The number of hydroxylamine groups is 1. The number of nitrogens with zero attached hydrogens (tertiary/aromatic N) is 2. The second-order valence-electron chi connectivity index (χ2n) is 5.03. The van der Waals surface area contributed by atoms with E-state index >= 15 is 0 Å². The molecule has 0 bridgehead atoms. The number of oxime groups is 1. The van der Waals surface area contributed by atoms with Crippen molar-refractivity contribution in [1.82, 2.24) is 5.48 Å². The molecular formula is C16H25I2N3O3. The maximum atomic E-state index is 10.6. The molecule has 2 rings (SSSR count). The van der Waals surface area contributed by atoms with E-state index in [4.69, 9.17) is 9.68 Å². The number of rotatable bonds is 3. The molecular weight excluding hydrogens is 536 g/mol. The number of nitrogens with one attached hydrogen (secondary N) is 1. The van der Waals surface area contributed by atoms with Crippen LogP contribution in [0.3, 0.4) is 0 Å². The normalized spacial score (nSPS) is 13.8. The highest BCUT2D eigenvalue weighted by Gasteiger charge is 2.24. The van der Waals surface area contributed by atoms with Crippen LogP contribution in [0.1, 0.15) is 35.2 Å². The molecule has 0 aliphatic carbocycles. The van der Waals surface area contributed by atoms with E-state index in [2.05, 4.69) is 52.9 Å². The summed E-state index contributed by atoms with van der Waals surface area (Å²) in [7, 11) is 1.46. The van der Waals surface area contributed by atoms with E-state index in [9.17, 15) is 5.11 Å². The van der Waals surface area contributed by atoms with Gasteiger partial charge in [0.15, 0.2) is 11.5 Å². The van der Waals surface area contributed by atoms with Gasteiger partial charge in [0, 0.05) is 37.2 Å². The number of aliphatic imine (C=N–C) groups is 1. The van der Waals surface area contributed by atoms with Crippen molar-refractivity contribution < 1.29 is 14.8 Å². The summed E-state index contributed by atoms with van der Waals surface area (Å²) in [5.41, 5.74) is 7.76. The SMILES string of the molecule is C.CON=C(C1=NCCON1)c1c(C)c(C)c(C)c(C)c1O.II. The van der Waals surface area contributed by atoms with Crippen molar-refractivity contribution in [2.24, 2.45) is 10.1 Å². The Kier molecular flexibility index (Phi) is 10.8. The highest BCUT2D eigenvalue weighted by molar-refractivity contribution is 15.0. The van der Waals surface area contributed by atoms with E-state index in [1.807, 2.05) is 27.7 Å². The first-order valence-corrected chi connectivity index (χ1v) is 13.2. The minimum atomic E-state index is 0. The zero-order valence-electron chi connectivity index (χ0n) is 13.8. The molecule has 1 heterocycles. The minimum absolute atomic E-state index is 0. The molecule has 0 amide bonds. The third kappa shape index (κ3) is 4.94. The predicted octanol–water partition coefficient (Wildman–Crippen LogP) is 4.32. The predicted molar refractivity (Wildman–Crippen MR) is 117 cm³/mol. The summed E-state index contributed by atoms with van der Waals surface area (Å²) in [4.78, 5) is 14.5. The molecule has 0 saturated carbocycles. The summed E-state index contributed by atoms with van der Waals surface area (Å²) in [6.45, 7) is 8.89. The minimum Gasteiger partial charge on any atom is -0.507 e. The van der Waals surface area contributed by atoms with Gasteiger partial charge in [-0.15, -0.1) is 0 Å². The van der Waals surface area contributed by atoms with Gasteiger partial charge in [0.2, 0.25) is 0 Å². The standard InChI is InChI=1S/C15H21N3O3.CH4.I2/c1-8-9(2)11(4)14(19)12(10(8)3)13(17-20-5)15-16-6-7-21-18-15;;1-2/h19H,6-7H2,1-5H3,(H,16,18);1H4;. The van der Waals surface area contributed by atoms with Crippen LogP contribution in [0, 0.1) is 27.7 Å². The molecule has 0 saturated heterocycles. The molecule has 6 nitrogen and oxygen atoms in total. The van der Waals surface area contributed by atoms with Gasteiger partial charge in [-0.2, -0.15) is 0 Å². The molecule has 0 atom stereocenters. The highest BCUT2D eigenvalue weighted by atomic mass is 128. The van der Waals surface area contributed by atoms with Gasteiger partial charge in [-0.3, -0.25) is 9.83 Å². The Morgan fingerprint density at radius 3 is 2.25 bits per heavy atom. The average molecular weight is 561 g/mol. The van der Waals surface area contributed by atoms with Gasteiger partial charge >= 0.3 is 0 Å². The second-order valence-corrected chi connectivity index (χ2v) is 5.03. The van der Waals surface area contributed by atoms with Crippen molar-refractivity contribution in [3.8, 4) is 5.75 Å². The number of benzene rings is 1. The maximum absolute atomic E-state index is 10.6. The second kappa shape index (κ2) is 11.1. The van der Waals surface area contributed by atoms with E-state index < -0.39 is 0 Å². The average Bonchev–Trinajstić information content (AvgIpc) is 2.60. The van der Waals surface area contributed by atoms with E-state index in [0.717, 1.165) is 22.3 Å². The molecule has 0 unspecified atom stereocenters. The number of amidine groups is 1. The summed E-state index contributed by atoms with van der Waals surface area (Å²) < 4.78 is 0. The largest absolute Gasteiger partial charge is 0.507 e. The summed E-state index contributed by atoms with van der Waals surface area (Å²) in [5.74, 6) is 0.658. The summed E-state index contributed by atoms with van der Waals surface area (Å²) >= 11 is 4.24. The van der Waals surface area contributed by atoms with Crippen LogP contribution in [0.15, 0.2) is 10.1 Å². The first kappa shape index (κ1) is 23.4. The van der Waals surface area contributed by atoms with Crippen molar-refractivity contribution in [2.45, 2.75) is 35.1 Å². The topological polar surface area (TPSA) is 75.4 Å². The molecule has 0 radical (unpaired) electrons. The molecule has 8 heteroatoms. The van der Waals surface area contributed by atoms with Crippen LogP contribution in [-0.2, 0) is 9.68 Å². The monoisotopic (exact) mass is 561 g/mol. The lowest BCUT2D eigenvalue weighted by Crippen LogP contribution is -2.37. The van der Waals surface area contributed by atoms with E-state index in [1.165, 1.54) is 7.11 Å². The molecule has 1 aromatic rings. The van der Waals surface area contributed by atoms with Crippen LogP contribution >= 0.6 is 37.2 Å². The molecule has 2 N–H and O–H groups in total. The number of phenols is 1. The number of phenolic OH excluding ortho intramolecular Hbond substituents is 1. The van der Waals surface area contributed by atoms with Gasteiger partial charge in [0.05, 0.1) is 18.7 Å². The molecule has 0 spiro atoms. The molecule has 1 aliphatic heterocycles. The highest BCUT2D eigenvalue weighted by Crippen LogP contribution is 2.32. The van der Waals surface area contributed by atoms with Crippen molar-refractivity contribution in [3.05, 3.63) is 27.8 Å². The molecule has 0 fully saturated rings. The number of halogens is 2. The molecule has 24 heavy (non-hydrogen) atoms. The zero-order chi connectivity index (χ0) is 17.6. The van der Waals surface area contributed by atoms with Gasteiger partial charge in [-0.1, -0.05) is 12.6 Å². The third-order valence-electron chi connectivity index (χ3n) is 3.93. The fourth-order valence-electron chi connectivity index (χ4n) is 2.36. The fraction of sp³-hybridized carbons (Fsp3) is 0.500. The van der Waals surface area contributed by atoms with Crippen LogP contribution in [0.2, 0.25) is 0 Å². The fourth-order valence-corrected chi connectivity index (χ4v) is 2.36. The van der Waals surface area contributed by atoms with Gasteiger partial charge in [0.1, 0.15) is 12.9 Å². The van der Waals surface area contributed by atoms with Crippen LogP contribution in [0.4, 0.5) is 0 Å². The van der Waals surface area contributed by atoms with Gasteiger partial charge < -0.3 is 9.94 Å². The molecule has 1 aliphatic rings. The van der Waals surface area contributed by atoms with Gasteiger partial charge in [-0.05, 0) is 49.9 Å². The summed E-state index contributed by atoms with van der Waals surface area (Å²) in [5, 5.41) is 14.6. The summed E-state index contributed by atoms with van der Waals surface area (Å²) in [6.07, 6.45) is 0. The Bertz CT molecular complexity index is 602. The van der Waals surface area contributed by atoms with Crippen LogP contribution in [0.5, 0.6) is 5.75 Å². The van der Waals surface area contributed by atoms with E-state index in [1.54, 1.807) is 0 Å².